The Labute approximate surface area is 94.8 Å². The maximum absolute atomic E-state index is 5.81. The summed E-state index contributed by atoms with van der Waals surface area (Å²) in [6.45, 7) is 0.592. The fourth-order valence-electron chi connectivity index (χ4n) is 2.38. The van der Waals surface area contributed by atoms with Gasteiger partial charge in [-0.25, -0.2) is 0 Å². The standard InChI is InChI=1S/C13H16N2O/c1-16-13-4-2-3-12-11(13)7-10(8-14)15(12)9-5-6-9/h2-4,7,9H,5-6,8,14H2,1H3. The van der Waals surface area contributed by atoms with E-state index >= 15 is 0 Å². The molecule has 1 aromatic carbocycles. The first-order chi connectivity index (χ1) is 7.85. The number of nitrogens with two attached hydrogens (primary N) is 1. The van der Waals surface area contributed by atoms with E-state index in [0.29, 0.717) is 12.6 Å². The second kappa shape index (κ2) is 3.52. The van der Waals surface area contributed by atoms with Gasteiger partial charge < -0.3 is 15.0 Å². The number of rotatable bonds is 3. The molecule has 1 aliphatic carbocycles. The third-order valence-electron chi connectivity index (χ3n) is 3.26. The molecule has 3 heteroatoms. The Morgan fingerprint density at radius 1 is 1.44 bits per heavy atom. The maximum atomic E-state index is 5.81. The predicted octanol–water partition coefficient (Wildman–Crippen LogP) is 2.44. The van der Waals surface area contributed by atoms with Crippen LogP contribution in [0.2, 0.25) is 0 Å². The number of hydrogen-bond acceptors (Lipinski definition) is 2. The average Bonchev–Trinajstić information content (AvgIpc) is 3.08. The molecule has 1 heterocycles. The van der Waals surface area contributed by atoms with E-state index in [-0.39, 0.29) is 0 Å². The lowest BCUT2D eigenvalue weighted by molar-refractivity contribution is 0.420. The zero-order chi connectivity index (χ0) is 11.1. The summed E-state index contributed by atoms with van der Waals surface area (Å²) in [6.07, 6.45) is 2.54. The van der Waals surface area contributed by atoms with Crippen molar-refractivity contribution in [1.82, 2.24) is 4.57 Å². The Bertz CT molecular complexity index is 526. The highest BCUT2D eigenvalue weighted by molar-refractivity contribution is 5.87. The fourth-order valence-corrected chi connectivity index (χ4v) is 2.38. The van der Waals surface area contributed by atoms with Gasteiger partial charge in [-0.2, -0.15) is 0 Å². The molecule has 1 saturated carbocycles. The molecule has 0 saturated heterocycles. The molecule has 1 fully saturated rings. The third kappa shape index (κ3) is 1.32. The summed E-state index contributed by atoms with van der Waals surface area (Å²) < 4.78 is 7.76. The second-order valence-electron chi connectivity index (χ2n) is 4.33. The highest BCUT2D eigenvalue weighted by atomic mass is 16.5. The molecular weight excluding hydrogens is 200 g/mol. The number of aromatic nitrogens is 1. The van der Waals surface area contributed by atoms with Crippen molar-refractivity contribution in [2.75, 3.05) is 7.11 Å². The molecule has 3 rings (SSSR count). The van der Waals surface area contributed by atoms with E-state index in [9.17, 15) is 0 Å². The average molecular weight is 216 g/mol. The van der Waals surface area contributed by atoms with Gasteiger partial charge in [-0.05, 0) is 31.0 Å². The van der Waals surface area contributed by atoms with E-state index in [2.05, 4.69) is 16.7 Å². The van der Waals surface area contributed by atoms with Crippen molar-refractivity contribution in [3.05, 3.63) is 30.0 Å². The molecule has 3 nitrogen and oxygen atoms in total. The van der Waals surface area contributed by atoms with E-state index in [1.165, 1.54) is 29.4 Å². The molecule has 1 aliphatic rings. The van der Waals surface area contributed by atoms with Crippen LogP contribution in [0.25, 0.3) is 10.9 Å². The third-order valence-corrected chi connectivity index (χ3v) is 3.26. The van der Waals surface area contributed by atoms with Gasteiger partial charge in [0, 0.05) is 23.7 Å². The van der Waals surface area contributed by atoms with Crippen LogP contribution >= 0.6 is 0 Å². The zero-order valence-electron chi connectivity index (χ0n) is 9.44. The topological polar surface area (TPSA) is 40.2 Å². The molecule has 0 amide bonds. The van der Waals surface area contributed by atoms with Crippen LogP contribution in [-0.2, 0) is 6.54 Å². The Morgan fingerprint density at radius 3 is 2.88 bits per heavy atom. The van der Waals surface area contributed by atoms with Crippen LogP contribution in [0, 0.1) is 0 Å². The number of methoxy groups -OCH3 is 1. The molecule has 0 aliphatic heterocycles. The van der Waals surface area contributed by atoms with E-state index in [4.69, 9.17) is 10.5 Å². The number of ether oxygens (including phenoxy) is 1. The van der Waals surface area contributed by atoms with Crippen LogP contribution in [0.4, 0.5) is 0 Å². The molecule has 0 radical (unpaired) electrons. The SMILES string of the molecule is COc1cccc2c1cc(CN)n2C1CC1. The Balaban J connectivity index is 2.29. The number of nitrogens with zero attached hydrogens (tertiary/aromatic N) is 1. The van der Waals surface area contributed by atoms with E-state index in [0.717, 1.165) is 5.75 Å². The molecule has 1 aromatic heterocycles. The quantitative estimate of drug-likeness (QED) is 0.856. The summed E-state index contributed by atoms with van der Waals surface area (Å²) in [5.41, 5.74) is 8.27. The van der Waals surface area contributed by atoms with Gasteiger partial charge >= 0.3 is 0 Å². The Morgan fingerprint density at radius 2 is 2.25 bits per heavy atom. The maximum Gasteiger partial charge on any atom is 0.128 e. The van der Waals surface area contributed by atoms with Gasteiger partial charge in [-0.1, -0.05) is 6.07 Å². The normalized spacial score (nSPS) is 15.6. The van der Waals surface area contributed by atoms with Crippen LogP contribution in [0.15, 0.2) is 24.3 Å². The van der Waals surface area contributed by atoms with Gasteiger partial charge in [-0.15, -0.1) is 0 Å². The van der Waals surface area contributed by atoms with Crippen molar-refractivity contribution in [3.8, 4) is 5.75 Å². The van der Waals surface area contributed by atoms with Gasteiger partial charge in [0.15, 0.2) is 0 Å². The number of fused-ring (bicyclic) bond motifs is 1. The highest BCUT2D eigenvalue weighted by Crippen LogP contribution is 2.41. The zero-order valence-corrected chi connectivity index (χ0v) is 9.44. The first-order valence-corrected chi connectivity index (χ1v) is 5.72. The molecule has 0 bridgehead atoms. The minimum absolute atomic E-state index is 0.592. The van der Waals surface area contributed by atoms with Crippen molar-refractivity contribution in [2.45, 2.75) is 25.4 Å². The van der Waals surface area contributed by atoms with Crippen molar-refractivity contribution in [2.24, 2.45) is 5.73 Å². The van der Waals surface area contributed by atoms with E-state index in [1.807, 2.05) is 12.1 Å². The Hall–Kier alpha value is -1.48. The molecule has 2 N–H and O–H groups in total. The number of benzene rings is 1. The van der Waals surface area contributed by atoms with E-state index in [1.54, 1.807) is 7.11 Å². The van der Waals surface area contributed by atoms with Crippen LogP contribution in [0.5, 0.6) is 5.75 Å². The van der Waals surface area contributed by atoms with Gasteiger partial charge in [0.25, 0.3) is 0 Å². The van der Waals surface area contributed by atoms with Gasteiger partial charge in [0.1, 0.15) is 5.75 Å². The summed E-state index contributed by atoms with van der Waals surface area (Å²) in [4.78, 5) is 0. The van der Waals surface area contributed by atoms with Crippen molar-refractivity contribution < 1.29 is 4.74 Å². The summed E-state index contributed by atoms with van der Waals surface area (Å²) in [6, 6.07) is 9.00. The monoisotopic (exact) mass is 216 g/mol. The lowest BCUT2D eigenvalue weighted by Gasteiger charge is -2.07. The minimum Gasteiger partial charge on any atom is -0.496 e. The van der Waals surface area contributed by atoms with Crippen molar-refractivity contribution in [3.63, 3.8) is 0 Å². The second-order valence-corrected chi connectivity index (χ2v) is 4.33. The molecular formula is C13H16N2O. The molecule has 84 valence electrons. The lowest BCUT2D eigenvalue weighted by Crippen LogP contribution is -2.05. The van der Waals surface area contributed by atoms with Crippen LogP contribution in [0.3, 0.4) is 0 Å². The molecule has 0 unspecified atom stereocenters. The van der Waals surface area contributed by atoms with E-state index < -0.39 is 0 Å². The minimum atomic E-state index is 0.592. The van der Waals surface area contributed by atoms with Crippen LogP contribution < -0.4 is 10.5 Å². The molecule has 0 spiro atoms. The van der Waals surface area contributed by atoms with Gasteiger partial charge in [0.2, 0.25) is 0 Å². The molecule has 0 atom stereocenters. The van der Waals surface area contributed by atoms with Crippen molar-refractivity contribution in [1.29, 1.82) is 0 Å². The first kappa shape index (κ1) is 9.73. The fraction of sp³-hybridized carbons (Fsp3) is 0.385. The predicted molar refractivity (Wildman–Crippen MR) is 64.7 cm³/mol. The van der Waals surface area contributed by atoms with Crippen LogP contribution in [-0.4, -0.2) is 11.7 Å². The largest absolute Gasteiger partial charge is 0.496 e. The summed E-state index contributed by atoms with van der Waals surface area (Å²) >= 11 is 0. The first-order valence-electron chi connectivity index (χ1n) is 5.72. The van der Waals surface area contributed by atoms with Gasteiger partial charge in [0.05, 0.1) is 12.6 Å². The summed E-state index contributed by atoms with van der Waals surface area (Å²) in [7, 11) is 1.71. The molecule has 16 heavy (non-hydrogen) atoms. The number of hydrogen-bond donors (Lipinski definition) is 1. The van der Waals surface area contributed by atoms with Crippen LogP contribution in [0.1, 0.15) is 24.6 Å². The lowest BCUT2D eigenvalue weighted by atomic mass is 10.2. The summed E-state index contributed by atoms with van der Waals surface area (Å²) in [5, 5.41) is 1.18. The highest BCUT2D eigenvalue weighted by Gasteiger charge is 2.27. The van der Waals surface area contributed by atoms with Gasteiger partial charge in [-0.3, -0.25) is 0 Å². The summed E-state index contributed by atoms with van der Waals surface area (Å²) in [5.74, 6) is 0.937. The Kier molecular flexibility index (Phi) is 2.14. The van der Waals surface area contributed by atoms with Crippen molar-refractivity contribution >= 4 is 10.9 Å². The molecule has 2 aromatic rings. The smallest absolute Gasteiger partial charge is 0.128 e.